The van der Waals surface area contributed by atoms with Gasteiger partial charge in [0.1, 0.15) is 5.75 Å². The van der Waals surface area contributed by atoms with Gasteiger partial charge in [-0.2, -0.15) is 0 Å². The van der Waals surface area contributed by atoms with Crippen molar-refractivity contribution in [1.82, 2.24) is 9.80 Å². The molecule has 9 heteroatoms. The van der Waals surface area contributed by atoms with Crippen LogP contribution in [0.1, 0.15) is 23.1 Å². The number of ether oxygens (including phenoxy) is 1. The molecule has 1 aliphatic rings. The number of amides is 1. The number of likely N-dealkylation sites (N-methyl/N-ethyl adjacent to an activating group) is 1. The fraction of sp³-hybridized carbons (Fsp3) is 0.458. The molecule has 1 fully saturated rings. The van der Waals surface area contributed by atoms with E-state index in [-0.39, 0.29) is 11.7 Å². The Kier molecular flexibility index (Phi) is 8.20. The lowest BCUT2D eigenvalue weighted by Gasteiger charge is -2.21. The number of hydrogen-bond donors (Lipinski definition) is 2. The van der Waals surface area contributed by atoms with Gasteiger partial charge in [0.05, 0.1) is 6.54 Å². The minimum absolute atomic E-state index is 0.0387. The van der Waals surface area contributed by atoms with Gasteiger partial charge < -0.3 is 20.3 Å². The number of benzene rings is 2. The molecule has 2 N–H and O–H groups in total. The number of carbonyl (C=O) groups is 1. The molecule has 1 aliphatic heterocycles. The Morgan fingerprint density at radius 1 is 1.03 bits per heavy atom. The highest BCUT2D eigenvalue weighted by Gasteiger charge is 2.30. The van der Waals surface area contributed by atoms with E-state index in [0.717, 1.165) is 60.7 Å². The van der Waals surface area contributed by atoms with Crippen LogP contribution in [0.2, 0.25) is 0 Å². The number of rotatable bonds is 7. The third kappa shape index (κ3) is 7.64. The van der Waals surface area contributed by atoms with Gasteiger partial charge in [-0.1, -0.05) is 18.2 Å². The summed E-state index contributed by atoms with van der Waals surface area (Å²) in [5.74, 6) is -0.290. The molecule has 2 aromatic rings. The van der Waals surface area contributed by atoms with Crippen molar-refractivity contribution in [2.24, 2.45) is 0 Å². The van der Waals surface area contributed by atoms with Crippen LogP contribution >= 0.6 is 0 Å². The van der Waals surface area contributed by atoms with E-state index < -0.39 is 6.36 Å². The minimum Gasteiger partial charge on any atom is -0.406 e. The summed E-state index contributed by atoms with van der Waals surface area (Å²) in [6, 6.07) is 9.62. The molecule has 180 valence electrons. The van der Waals surface area contributed by atoms with Crippen molar-refractivity contribution in [3.05, 3.63) is 53.1 Å². The Hall–Kier alpha value is -2.78. The Labute approximate surface area is 192 Å². The van der Waals surface area contributed by atoms with Gasteiger partial charge in [0, 0.05) is 31.0 Å². The number of aryl methyl sites for hydroxylation is 1. The van der Waals surface area contributed by atoms with Crippen LogP contribution in [0.25, 0.3) is 0 Å². The van der Waals surface area contributed by atoms with Crippen LogP contribution in [0.3, 0.4) is 0 Å². The van der Waals surface area contributed by atoms with Gasteiger partial charge in [0.25, 0.3) is 0 Å². The molecule has 0 spiro atoms. The van der Waals surface area contributed by atoms with Crippen LogP contribution in [0.15, 0.2) is 36.4 Å². The van der Waals surface area contributed by atoms with Gasteiger partial charge in [-0.25, -0.2) is 0 Å². The molecule has 6 nitrogen and oxygen atoms in total. The van der Waals surface area contributed by atoms with Gasteiger partial charge in [-0.05, 0) is 75.3 Å². The maximum atomic E-state index is 12.7. The molecular weight excluding hydrogens is 433 g/mol. The zero-order valence-corrected chi connectivity index (χ0v) is 19.3. The number of hydrogen-bond acceptors (Lipinski definition) is 5. The van der Waals surface area contributed by atoms with E-state index in [1.54, 1.807) is 12.1 Å². The second-order valence-corrected chi connectivity index (χ2v) is 8.46. The maximum Gasteiger partial charge on any atom is 0.573 e. The SMILES string of the molecule is Cc1ccc(NCc2ccc(OC(F)(F)F)cc2)c(C)c1NC(=O)CN1CCCN(C)CC1. The first kappa shape index (κ1) is 24.9. The van der Waals surface area contributed by atoms with E-state index in [0.29, 0.717) is 13.1 Å². The fourth-order valence-corrected chi connectivity index (χ4v) is 3.88. The predicted octanol–water partition coefficient (Wildman–Crippen LogP) is 4.39. The molecular formula is C24H31F3N4O2. The highest BCUT2D eigenvalue weighted by atomic mass is 19.4. The normalized spacial score (nSPS) is 15.7. The summed E-state index contributed by atoms with van der Waals surface area (Å²) in [4.78, 5) is 17.2. The van der Waals surface area contributed by atoms with Crippen LogP contribution in [0.5, 0.6) is 5.75 Å². The fourth-order valence-electron chi connectivity index (χ4n) is 3.88. The second-order valence-electron chi connectivity index (χ2n) is 8.46. The van der Waals surface area contributed by atoms with Crippen LogP contribution < -0.4 is 15.4 Å². The quantitative estimate of drug-likeness (QED) is 0.637. The summed E-state index contributed by atoms with van der Waals surface area (Å²) in [5, 5.41) is 6.37. The number of carbonyl (C=O) groups excluding carboxylic acids is 1. The molecule has 0 saturated carbocycles. The standard InChI is InChI=1S/C24H31F3N4O2/c1-17-5-10-21(28-15-19-6-8-20(9-7-19)33-24(25,26)27)18(2)23(17)29-22(32)16-31-12-4-11-30(3)13-14-31/h5-10,28H,4,11-16H2,1-3H3,(H,29,32). The largest absolute Gasteiger partial charge is 0.573 e. The average molecular weight is 465 g/mol. The molecule has 33 heavy (non-hydrogen) atoms. The summed E-state index contributed by atoms with van der Waals surface area (Å²) in [6.45, 7) is 8.44. The summed E-state index contributed by atoms with van der Waals surface area (Å²) in [5.41, 5.74) is 4.32. The second kappa shape index (κ2) is 10.9. The number of alkyl halides is 3. The van der Waals surface area contributed by atoms with Crippen molar-refractivity contribution in [2.75, 3.05) is 50.4 Å². The summed E-state index contributed by atoms with van der Waals surface area (Å²) < 4.78 is 40.8. The van der Waals surface area contributed by atoms with Gasteiger partial charge in [0.15, 0.2) is 0 Å². The number of nitrogens with one attached hydrogen (secondary N) is 2. The lowest BCUT2D eigenvalue weighted by Crippen LogP contribution is -2.36. The van der Waals surface area contributed by atoms with Crippen LogP contribution in [-0.2, 0) is 11.3 Å². The van der Waals surface area contributed by atoms with E-state index in [1.807, 2.05) is 26.0 Å². The monoisotopic (exact) mass is 464 g/mol. The van der Waals surface area contributed by atoms with Crippen LogP contribution in [0.4, 0.5) is 24.5 Å². The van der Waals surface area contributed by atoms with E-state index in [9.17, 15) is 18.0 Å². The first-order valence-electron chi connectivity index (χ1n) is 11.0. The number of anilines is 2. The third-order valence-electron chi connectivity index (χ3n) is 5.76. The molecule has 0 bridgehead atoms. The Morgan fingerprint density at radius 2 is 1.76 bits per heavy atom. The van der Waals surface area contributed by atoms with Gasteiger partial charge in [-0.15, -0.1) is 13.2 Å². The third-order valence-corrected chi connectivity index (χ3v) is 5.76. The topological polar surface area (TPSA) is 56.8 Å². The van der Waals surface area contributed by atoms with Crippen molar-refractivity contribution in [3.63, 3.8) is 0 Å². The lowest BCUT2D eigenvalue weighted by molar-refractivity contribution is -0.274. The predicted molar refractivity (Wildman–Crippen MR) is 124 cm³/mol. The molecule has 1 amide bonds. The molecule has 1 saturated heterocycles. The Morgan fingerprint density at radius 3 is 2.45 bits per heavy atom. The molecule has 2 aromatic carbocycles. The van der Waals surface area contributed by atoms with Crippen molar-refractivity contribution < 1.29 is 22.7 Å². The molecule has 0 unspecified atom stereocenters. The van der Waals surface area contributed by atoms with Gasteiger partial charge >= 0.3 is 6.36 Å². The van der Waals surface area contributed by atoms with Crippen LogP contribution in [-0.4, -0.2) is 61.8 Å². The highest BCUT2D eigenvalue weighted by molar-refractivity contribution is 5.94. The number of halogens is 3. The van der Waals surface area contributed by atoms with E-state index >= 15 is 0 Å². The molecule has 0 aliphatic carbocycles. The van der Waals surface area contributed by atoms with Crippen molar-refractivity contribution >= 4 is 17.3 Å². The summed E-state index contributed by atoms with van der Waals surface area (Å²) in [6.07, 6.45) is -3.66. The number of nitrogens with zero attached hydrogens (tertiary/aromatic N) is 2. The summed E-state index contributed by atoms with van der Waals surface area (Å²) >= 11 is 0. The average Bonchev–Trinajstić information content (AvgIpc) is 2.94. The molecule has 0 radical (unpaired) electrons. The van der Waals surface area contributed by atoms with Gasteiger partial charge in [-0.3, -0.25) is 9.69 Å². The molecule has 1 heterocycles. The first-order valence-corrected chi connectivity index (χ1v) is 11.0. The van der Waals surface area contributed by atoms with E-state index in [4.69, 9.17) is 0 Å². The van der Waals surface area contributed by atoms with Crippen LogP contribution in [0, 0.1) is 13.8 Å². The van der Waals surface area contributed by atoms with E-state index in [1.165, 1.54) is 12.1 Å². The first-order chi connectivity index (χ1) is 15.6. The molecule has 3 rings (SSSR count). The minimum atomic E-state index is -4.71. The van der Waals surface area contributed by atoms with Gasteiger partial charge in [0.2, 0.25) is 5.91 Å². The zero-order valence-electron chi connectivity index (χ0n) is 19.3. The van der Waals surface area contributed by atoms with Crippen molar-refractivity contribution in [2.45, 2.75) is 33.2 Å². The van der Waals surface area contributed by atoms with Crippen molar-refractivity contribution in [1.29, 1.82) is 0 Å². The highest BCUT2D eigenvalue weighted by Crippen LogP contribution is 2.28. The summed E-state index contributed by atoms with van der Waals surface area (Å²) in [7, 11) is 2.10. The zero-order chi connectivity index (χ0) is 24.0. The maximum absolute atomic E-state index is 12.7. The Balaban J connectivity index is 1.60. The lowest BCUT2D eigenvalue weighted by atomic mass is 10.1. The Bertz CT molecular complexity index is 948. The van der Waals surface area contributed by atoms with E-state index in [2.05, 4.69) is 32.2 Å². The molecule has 0 aromatic heterocycles. The smallest absolute Gasteiger partial charge is 0.406 e. The molecule has 0 atom stereocenters. The van der Waals surface area contributed by atoms with Crippen molar-refractivity contribution in [3.8, 4) is 5.75 Å².